The van der Waals surface area contributed by atoms with Crippen molar-refractivity contribution in [2.45, 2.75) is 38.8 Å². The Kier molecular flexibility index (Phi) is 7.04. The Labute approximate surface area is 105 Å². The van der Waals surface area contributed by atoms with E-state index in [0.29, 0.717) is 24.6 Å². The highest BCUT2D eigenvalue weighted by Gasteiger charge is 2.27. The van der Waals surface area contributed by atoms with E-state index in [0.717, 1.165) is 39.1 Å². The highest BCUT2D eigenvalue weighted by molar-refractivity contribution is 4.82. The number of methoxy groups -OCH3 is 1. The SMILES string of the molecule is CCOC1CCN(C(CN)C(C)COC)CC1. The lowest BCUT2D eigenvalue weighted by atomic mass is 9.97. The average Bonchev–Trinajstić information content (AvgIpc) is 2.33. The molecule has 0 radical (unpaired) electrons. The van der Waals surface area contributed by atoms with Gasteiger partial charge in [0.25, 0.3) is 0 Å². The minimum atomic E-state index is 0.442. The number of likely N-dealkylation sites (tertiary alicyclic amines) is 1. The summed E-state index contributed by atoms with van der Waals surface area (Å²) in [5.41, 5.74) is 5.90. The van der Waals surface area contributed by atoms with Crippen molar-refractivity contribution in [2.75, 3.05) is 40.0 Å². The number of hydrogen-bond donors (Lipinski definition) is 1. The standard InChI is InChI=1S/C13H28N2O2/c1-4-17-12-5-7-15(8-6-12)13(9-14)11(2)10-16-3/h11-13H,4-10,14H2,1-3H3. The molecule has 17 heavy (non-hydrogen) atoms. The number of nitrogens with two attached hydrogens (primary N) is 1. The van der Waals surface area contributed by atoms with Crippen LogP contribution >= 0.6 is 0 Å². The summed E-state index contributed by atoms with van der Waals surface area (Å²) in [4.78, 5) is 2.50. The smallest absolute Gasteiger partial charge is 0.0599 e. The predicted molar refractivity (Wildman–Crippen MR) is 70.1 cm³/mol. The van der Waals surface area contributed by atoms with Crippen molar-refractivity contribution in [3.05, 3.63) is 0 Å². The fourth-order valence-corrected chi connectivity index (χ4v) is 2.73. The molecule has 4 nitrogen and oxygen atoms in total. The largest absolute Gasteiger partial charge is 0.384 e. The summed E-state index contributed by atoms with van der Waals surface area (Å²) in [6.45, 7) is 8.80. The van der Waals surface area contributed by atoms with Crippen molar-refractivity contribution < 1.29 is 9.47 Å². The van der Waals surface area contributed by atoms with Crippen molar-refractivity contribution >= 4 is 0 Å². The summed E-state index contributed by atoms with van der Waals surface area (Å²) < 4.78 is 10.9. The van der Waals surface area contributed by atoms with Gasteiger partial charge in [0.15, 0.2) is 0 Å². The van der Waals surface area contributed by atoms with E-state index < -0.39 is 0 Å². The molecule has 0 aliphatic carbocycles. The first kappa shape index (κ1) is 14.9. The minimum Gasteiger partial charge on any atom is -0.384 e. The van der Waals surface area contributed by atoms with Gasteiger partial charge in [0.2, 0.25) is 0 Å². The molecular formula is C13H28N2O2. The Bertz CT molecular complexity index is 194. The molecule has 1 fully saturated rings. The molecule has 0 aromatic heterocycles. The van der Waals surface area contributed by atoms with Gasteiger partial charge in [0.1, 0.15) is 0 Å². The molecule has 2 atom stereocenters. The molecule has 4 heteroatoms. The van der Waals surface area contributed by atoms with Crippen LogP contribution in [0, 0.1) is 5.92 Å². The Balaban J connectivity index is 2.39. The molecule has 0 bridgehead atoms. The van der Waals surface area contributed by atoms with Gasteiger partial charge in [-0.1, -0.05) is 6.92 Å². The lowest BCUT2D eigenvalue weighted by molar-refractivity contribution is -0.00734. The van der Waals surface area contributed by atoms with Crippen LogP contribution in [-0.4, -0.2) is 57.0 Å². The summed E-state index contributed by atoms with van der Waals surface area (Å²) in [6.07, 6.45) is 2.71. The van der Waals surface area contributed by atoms with Gasteiger partial charge in [-0.15, -0.1) is 0 Å². The van der Waals surface area contributed by atoms with Crippen LogP contribution in [0.25, 0.3) is 0 Å². The zero-order valence-corrected chi connectivity index (χ0v) is 11.5. The van der Waals surface area contributed by atoms with Crippen LogP contribution in [0.2, 0.25) is 0 Å². The van der Waals surface area contributed by atoms with Gasteiger partial charge < -0.3 is 15.2 Å². The van der Waals surface area contributed by atoms with Gasteiger partial charge in [-0.05, 0) is 25.7 Å². The number of hydrogen-bond acceptors (Lipinski definition) is 4. The number of ether oxygens (including phenoxy) is 2. The zero-order chi connectivity index (χ0) is 12.7. The molecule has 0 amide bonds. The van der Waals surface area contributed by atoms with Gasteiger partial charge in [-0.2, -0.15) is 0 Å². The monoisotopic (exact) mass is 244 g/mol. The summed E-state index contributed by atoms with van der Waals surface area (Å²) in [5.74, 6) is 0.494. The Morgan fingerprint density at radius 1 is 1.35 bits per heavy atom. The van der Waals surface area contributed by atoms with Crippen molar-refractivity contribution in [3.63, 3.8) is 0 Å². The third-order valence-corrected chi connectivity index (χ3v) is 3.68. The summed E-state index contributed by atoms with van der Waals surface area (Å²) >= 11 is 0. The molecule has 0 saturated carbocycles. The van der Waals surface area contributed by atoms with E-state index >= 15 is 0 Å². The van der Waals surface area contributed by atoms with Crippen LogP contribution in [0.1, 0.15) is 26.7 Å². The van der Waals surface area contributed by atoms with Crippen molar-refractivity contribution in [3.8, 4) is 0 Å². The summed E-state index contributed by atoms with van der Waals surface area (Å²) in [5, 5.41) is 0. The number of piperidine rings is 1. The molecule has 1 aliphatic heterocycles. The third-order valence-electron chi connectivity index (χ3n) is 3.68. The zero-order valence-electron chi connectivity index (χ0n) is 11.5. The van der Waals surface area contributed by atoms with Gasteiger partial charge in [-0.3, -0.25) is 4.90 Å². The fraction of sp³-hybridized carbons (Fsp3) is 1.00. The molecule has 2 unspecified atom stereocenters. The minimum absolute atomic E-state index is 0.442. The van der Waals surface area contributed by atoms with E-state index in [1.54, 1.807) is 7.11 Å². The van der Waals surface area contributed by atoms with E-state index in [9.17, 15) is 0 Å². The maximum Gasteiger partial charge on any atom is 0.0599 e. The molecule has 1 heterocycles. The molecule has 1 saturated heterocycles. The van der Waals surface area contributed by atoms with Crippen LogP contribution in [0.15, 0.2) is 0 Å². The van der Waals surface area contributed by atoms with Gasteiger partial charge in [0, 0.05) is 39.4 Å². The molecule has 102 valence electrons. The van der Waals surface area contributed by atoms with Crippen molar-refractivity contribution in [1.82, 2.24) is 4.90 Å². The maximum atomic E-state index is 5.90. The van der Waals surface area contributed by atoms with E-state index in [2.05, 4.69) is 18.7 Å². The summed E-state index contributed by atoms with van der Waals surface area (Å²) in [7, 11) is 1.76. The van der Waals surface area contributed by atoms with Crippen molar-refractivity contribution in [2.24, 2.45) is 11.7 Å². The number of rotatable bonds is 7. The Morgan fingerprint density at radius 3 is 2.47 bits per heavy atom. The topological polar surface area (TPSA) is 47.7 Å². The first-order chi connectivity index (χ1) is 8.22. The van der Waals surface area contributed by atoms with Crippen molar-refractivity contribution in [1.29, 1.82) is 0 Å². The molecule has 0 spiro atoms. The Morgan fingerprint density at radius 2 is 2.00 bits per heavy atom. The highest BCUT2D eigenvalue weighted by Crippen LogP contribution is 2.19. The molecule has 0 aromatic rings. The molecular weight excluding hydrogens is 216 g/mol. The lowest BCUT2D eigenvalue weighted by Gasteiger charge is -2.39. The highest BCUT2D eigenvalue weighted by atomic mass is 16.5. The first-order valence-electron chi connectivity index (χ1n) is 6.77. The van der Waals surface area contributed by atoms with E-state index in [1.807, 2.05) is 0 Å². The van der Waals surface area contributed by atoms with E-state index in [1.165, 1.54) is 0 Å². The van der Waals surface area contributed by atoms with Gasteiger partial charge >= 0.3 is 0 Å². The van der Waals surface area contributed by atoms with E-state index in [4.69, 9.17) is 15.2 Å². The molecule has 1 aliphatic rings. The third kappa shape index (κ3) is 4.54. The number of nitrogens with zero attached hydrogens (tertiary/aromatic N) is 1. The second-order valence-corrected chi connectivity index (χ2v) is 4.93. The average molecular weight is 244 g/mol. The van der Waals surface area contributed by atoms with Crippen LogP contribution in [-0.2, 0) is 9.47 Å². The molecule has 0 aromatic carbocycles. The van der Waals surface area contributed by atoms with Gasteiger partial charge in [0.05, 0.1) is 12.7 Å². The second kappa shape index (κ2) is 8.03. The van der Waals surface area contributed by atoms with Gasteiger partial charge in [-0.25, -0.2) is 0 Å². The lowest BCUT2D eigenvalue weighted by Crippen LogP contribution is -2.50. The predicted octanol–water partition coefficient (Wildman–Crippen LogP) is 1.10. The first-order valence-corrected chi connectivity index (χ1v) is 6.77. The Hall–Kier alpha value is -0.160. The fourth-order valence-electron chi connectivity index (χ4n) is 2.73. The molecule has 2 N–H and O–H groups in total. The quantitative estimate of drug-likeness (QED) is 0.728. The summed E-state index contributed by atoms with van der Waals surface area (Å²) in [6, 6.07) is 0.442. The maximum absolute atomic E-state index is 5.90. The van der Waals surface area contributed by atoms with E-state index in [-0.39, 0.29) is 0 Å². The molecule has 1 rings (SSSR count). The normalized spacial score (nSPS) is 22.6. The van der Waals surface area contributed by atoms with Crippen LogP contribution < -0.4 is 5.73 Å². The van der Waals surface area contributed by atoms with Crippen LogP contribution in [0.5, 0.6) is 0 Å². The van der Waals surface area contributed by atoms with Crippen LogP contribution in [0.3, 0.4) is 0 Å². The second-order valence-electron chi connectivity index (χ2n) is 4.93. The van der Waals surface area contributed by atoms with Crippen LogP contribution in [0.4, 0.5) is 0 Å².